The summed E-state index contributed by atoms with van der Waals surface area (Å²) in [5.41, 5.74) is 3.09. The van der Waals surface area contributed by atoms with Crippen LogP contribution in [0.1, 0.15) is 29.8 Å². The van der Waals surface area contributed by atoms with Crippen molar-refractivity contribution in [3.63, 3.8) is 0 Å². The molecule has 0 aromatic heterocycles. The second-order valence-electron chi connectivity index (χ2n) is 5.13. The van der Waals surface area contributed by atoms with Gasteiger partial charge in [-0.2, -0.15) is 0 Å². The summed E-state index contributed by atoms with van der Waals surface area (Å²) in [6.07, 6.45) is 0.444. The van der Waals surface area contributed by atoms with E-state index in [1.807, 2.05) is 31.2 Å². The Kier molecular flexibility index (Phi) is 3.57. The van der Waals surface area contributed by atoms with E-state index in [0.717, 1.165) is 22.0 Å². The third-order valence-electron chi connectivity index (χ3n) is 3.58. The maximum Gasteiger partial charge on any atom is 0.267 e. The van der Waals surface area contributed by atoms with Crippen molar-refractivity contribution < 1.29 is 13.3 Å². The van der Waals surface area contributed by atoms with Gasteiger partial charge in [0.2, 0.25) is 0 Å². The first kappa shape index (κ1) is 14.3. The van der Waals surface area contributed by atoms with E-state index >= 15 is 0 Å². The van der Waals surface area contributed by atoms with Crippen molar-refractivity contribution in [3.05, 3.63) is 65.2 Å². The molecule has 1 aliphatic rings. The van der Waals surface area contributed by atoms with E-state index in [1.54, 1.807) is 24.3 Å². The molecule has 1 fully saturated rings. The first-order valence-corrected chi connectivity index (χ1v) is 8.33. The van der Waals surface area contributed by atoms with Gasteiger partial charge in [0.15, 0.2) is 6.23 Å². The topological polar surface area (TPSA) is 49.7 Å². The Morgan fingerprint density at radius 2 is 1.67 bits per heavy atom. The summed E-state index contributed by atoms with van der Waals surface area (Å²) in [4.78, 5) is 5.52. The molecule has 2 aromatic carbocycles. The molecule has 1 unspecified atom stereocenters. The summed E-state index contributed by atoms with van der Waals surface area (Å²) in [5.74, 6) is 0. The Labute approximate surface area is 125 Å². The third kappa shape index (κ3) is 2.72. The van der Waals surface area contributed by atoms with Gasteiger partial charge in [0.25, 0.3) is 10.0 Å². The van der Waals surface area contributed by atoms with Gasteiger partial charge in [-0.25, -0.2) is 8.42 Å². The molecular weight excluding hydrogens is 286 g/mol. The molecule has 110 valence electrons. The molecule has 0 N–H and O–H groups in total. The van der Waals surface area contributed by atoms with Crippen LogP contribution in [0, 0.1) is 6.92 Å². The zero-order valence-corrected chi connectivity index (χ0v) is 12.8. The van der Waals surface area contributed by atoms with E-state index in [-0.39, 0.29) is 4.90 Å². The van der Waals surface area contributed by atoms with Crippen molar-refractivity contribution in [2.75, 3.05) is 0 Å². The van der Waals surface area contributed by atoms with E-state index in [9.17, 15) is 8.42 Å². The maximum absolute atomic E-state index is 12.4. The molecular formula is C16H17NO3S. The highest BCUT2D eigenvalue weighted by Crippen LogP contribution is 2.42. The summed E-state index contributed by atoms with van der Waals surface area (Å²) in [7, 11) is -3.58. The second-order valence-corrected chi connectivity index (χ2v) is 6.91. The highest BCUT2D eigenvalue weighted by Gasteiger charge is 2.48. The van der Waals surface area contributed by atoms with Gasteiger partial charge in [-0.3, -0.25) is 4.84 Å². The number of nitrogens with zero attached hydrogens (tertiary/aromatic N) is 1. The Bertz CT molecular complexity index is 736. The molecule has 0 amide bonds. The molecule has 2 aromatic rings. The summed E-state index contributed by atoms with van der Waals surface area (Å²) in [5, 5.41) is 0. The molecule has 0 bridgehead atoms. The Morgan fingerprint density at radius 1 is 1.05 bits per heavy atom. The predicted octanol–water partition coefficient (Wildman–Crippen LogP) is 3.19. The molecule has 0 spiro atoms. The Hall–Kier alpha value is -1.69. The number of hydrogen-bond acceptors (Lipinski definition) is 3. The summed E-state index contributed by atoms with van der Waals surface area (Å²) < 4.78 is 25.9. The van der Waals surface area contributed by atoms with Crippen LogP contribution in [-0.4, -0.2) is 12.9 Å². The number of sulfonamides is 1. The third-order valence-corrected chi connectivity index (χ3v) is 5.20. The number of rotatable bonds is 4. The Morgan fingerprint density at radius 3 is 2.24 bits per heavy atom. The van der Waals surface area contributed by atoms with Gasteiger partial charge in [-0.1, -0.05) is 48.9 Å². The van der Waals surface area contributed by atoms with E-state index in [2.05, 4.69) is 6.92 Å². The molecule has 1 aliphatic heterocycles. The van der Waals surface area contributed by atoms with Crippen molar-refractivity contribution in [2.45, 2.75) is 31.4 Å². The number of aryl methyl sites for hydroxylation is 2. The van der Waals surface area contributed by atoms with Crippen LogP contribution in [0.4, 0.5) is 0 Å². The zero-order chi connectivity index (χ0) is 15.0. The Balaban J connectivity index is 1.81. The van der Waals surface area contributed by atoms with Gasteiger partial charge in [0.05, 0.1) is 4.90 Å². The lowest BCUT2D eigenvalue weighted by Gasteiger charge is -2.03. The normalized spacial score (nSPS) is 21.2. The first-order valence-electron chi connectivity index (χ1n) is 6.89. The molecule has 0 saturated carbocycles. The molecule has 21 heavy (non-hydrogen) atoms. The highest BCUT2D eigenvalue weighted by molar-refractivity contribution is 7.89. The monoisotopic (exact) mass is 303 g/mol. The largest absolute Gasteiger partial charge is 0.267 e. The van der Waals surface area contributed by atoms with Crippen LogP contribution in [0.15, 0.2) is 53.4 Å². The number of hydroxylamine groups is 1. The van der Waals surface area contributed by atoms with Crippen LogP contribution < -0.4 is 0 Å². The lowest BCUT2D eigenvalue weighted by molar-refractivity contribution is 0.283. The molecule has 1 saturated heterocycles. The molecule has 2 atom stereocenters. The zero-order valence-electron chi connectivity index (χ0n) is 12.0. The van der Waals surface area contributed by atoms with Crippen LogP contribution in [0.3, 0.4) is 0 Å². The maximum atomic E-state index is 12.4. The van der Waals surface area contributed by atoms with E-state index in [0.29, 0.717) is 0 Å². The van der Waals surface area contributed by atoms with Crippen molar-refractivity contribution >= 4 is 10.0 Å². The molecule has 1 heterocycles. The van der Waals surface area contributed by atoms with E-state index in [4.69, 9.17) is 4.84 Å². The van der Waals surface area contributed by atoms with Gasteiger partial charge in [0.1, 0.15) is 0 Å². The molecule has 5 heteroatoms. The standard InChI is InChI=1S/C16H17NO3S/c1-3-13-6-8-14(9-7-13)16-17(20-16)21(18,19)15-10-4-12(2)5-11-15/h4-11,16H,3H2,1-2H3/t16-,17?/m0/s1. The summed E-state index contributed by atoms with van der Waals surface area (Å²) in [6.45, 7) is 4.00. The van der Waals surface area contributed by atoms with E-state index < -0.39 is 16.3 Å². The van der Waals surface area contributed by atoms with Crippen molar-refractivity contribution in [3.8, 4) is 0 Å². The predicted molar refractivity (Wildman–Crippen MR) is 79.8 cm³/mol. The molecule has 0 aliphatic carbocycles. The van der Waals surface area contributed by atoms with Gasteiger partial charge in [-0.15, -0.1) is 0 Å². The summed E-state index contributed by atoms with van der Waals surface area (Å²) >= 11 is 0. The summed E-state index contributed by atoms with van der Waals surface area (Å²) in [6, 6.07) is 14.6. The molecule has 0 radical (unpaired) electrons. The smallest absolute Gasteiger partial charge is 0.253 e. The van der Waals surface area contributed by atoms with E-state index in [1.165, 1.54) is 5.56 Å². The fourth-order valence-electron chi connectivity index (χ4n) is 2.17. The van der Waals surface area contributed by atoms with Crippen molar-refractivity contribution in [1.29, 1.82) is 0 Å². The van der Waals surface area contributed by atoms with Crippen LogP contribution in [0.2, 0.25) is 0 Å². The number of hydrogen-bond donors (Lipinski definition) is 0. The average Bonchev–Trinajstić information content (AvgIpc) is 3.29. The van der Waals surface area contributed by atoms with Gasteiger partial charge >= 0.3 is 0 Å². The van der Waals surface area contributed by atoms with Crippen LogP contribution in [0.25, 0.3) is 0 Å². The van der Waals surface area contributed by atoms with Crippen LogP contribution in [-0.2, 0) is 21.3 Å². The quantitative estimate of drug-likeness (QED) is 0.815. The molecule has 4 nitrogen and oxygen atoms in total. The fourth-order valence-corrected chi connectivity index (χ4v) is 3.42. The fraction of sp³-hybridized carbons (Fsp3) is 0.250. The first-order chi connectivity index (χ1) is 10.0. The minimum absolute atomic E-state index is 0.251. The minimum Gasteiger partial charge on any atom is -0.253 e. The minimum atomic E-state index is -3.58. The lowest BCUT2D eigenvalue weighted by Crippen LogP contribution is -2.12. The van der Waals surface area contributed by atoms with Gasteiger partial charge < -0.3 is 0 Å². The highest BCUT2D eigenvalue weighted by atomic mass is 32.2. The van der Waals surface area contributed by atoms with Crippen LogP contribution in [0.5, 0.6) is 0 Å². The lowest BCUT2D eigenvalue weighted by atomic mass is 10.1. The second kappa shape index (κ2) is 5.26. The van der Waals surface area contributed by atoms with Crippen LogP contribution >= 0.6 is 0 Å². The average molecular weight is 303 g/mol. The van der Waals surface area contributed by atoms with Crippen molar-refractivity contribution in [1.82, 2.24) is 4.47 Å². The van der Waals surface area contributed by atoms with Crippen molar-refractivity contribution in [2.24, 2.45) is 0 Å². The number of benzene rings is 2. The SMILES string of the molecule is CCc1ccc([C@@H]2ON2S(=O)(=O)c2ccc(C)cc2)cc1. The van der Waals surface area contributed by atoms with Gasteiger partial charge in [-0.05, 0) is 35.5 Å². The van der Waals surface area contributed by atoms with Gasteiger partial charge in [0, 0.05) is 5.56 Å². The molecule has 3 rings (SSSR count).